The quantitative estimate of drug-likeness (QED) is 0.809. The fourth-order valence-electron chi connectivity index (χ4n) is 3.64. The van der Waals surface area contributed by atoms with Crippen LogP contribution in [0.4, 0.5) is 4.79 Å². The van der Waals surface area contributed by atoms with E-state index in [1.807, 2.05) is 48.5 Å². The second-order valence-corrected chi connectivity index (χ2v) is 6.61. The second-order valence-electron chi connectivity index (χ2n) is 6.61. The lowest BCUT2D eigenvalue weighted by Gasteiger charge is -2.34. The zero-order valence-electron chi connectivity index (χ0n) is 13.7. The first kappa shape index (κ1) is 15.2. The molecule has 3 atom stereocenters. The van der Waals surface area contributed by atoms with Gasteiger partial charge in [-0.2, -0.15) is 0 Å². The van der Waals surface area contributed by atoms with Crippen molar-refractivity contribution in [3.63, 3.8) is 0 Å². The number of fused-ring (bicyclic) bond motifs is 1. The topological polar surface area (TPSA) is 42.1 Å². The van der Waals surface area contributed by atoms with Crippen LogP contribution in [0.2, 0.25) is 0 Å². The van der Waals surface area contributed by atoms with E-state index in [4.69, 9.17) is 9.47 Å². The number of amides is 1. The molecule has 0 spiro atoms. The highest BCUT2D eigenvalue weighted by molar-refractivity contribution is 5.68. The van der Waals surface area contributed by atoms with Crippen LogP contribution in [0.5, 0.6) is 0 Å². The van der Waals surface area contributed by atoms with Crippen LogP contribution in [0.3, 0.4) is 0 Å². The molecule has 0 radical (unpaired) electrons. The van der Waals surface area contributed by atoms with Gasteiger partial charge in [-0.3, -0.25) is 0 Å². The fourth-order valence-corrected chi connectivity index (χ4v) is 3.64. The Balaban J connectivity index is 1.40. The molecule has 0 bridgehead atoms. The van der Waals surface area contributed by atoms with Gasteiger partial charge in [0.1, 0.15) is 18.3 Å². The summed E-state index contributed by atoms with van der Waals surface area (Å²) in [5.74, 6) is 0. The minimum atomic E-state index is -0.261. The molecule has 2 aromatic carbocycles. The maximum absolute atomic E-state index is 12.4. The summed E-state index contributed by atoms with van der Waals surface area (Å²) >= 11 is 0. The van der Waals surface area contributed by atoms with Crippen molar-refractivity contribution in [2.24, 2.45) is 0 Å². The molecule has 2 aliphatic heterocycles. The first-order chi connectivity index (χ1) is 11.7. The van der Waals surface area contributed by atoms with Crippen molar-refractivity contribution in [3.05, 3.63) is 71.8 Å². The van der Waals surface area contributed by atoms with Gasteiger partial charge in [0, 0.05) is 12.5 Å². The van der Waals surface area contributed by atoms with E-state index < -0.39 is 0 Å². The third-order valence-corrected chi connectivity index (χ3v) is 5.01. The average Bonchev–Trinajstić information content (AvgIpc) is 3.35. The van der Waals surface area contributed by atoms with Gasteiger partial charge in [-0.1, -0.05) is 60.7 Å². The summed E-state index contributed by atoms with van der Waals surface area (Å²) in [6.45, 7) is 2.95. The molecule has 124 valence electrons. The second kappa shape index (κ2) is 5.95. The summed E-state index contributed by atoms with van der Waals surface area (Å²) in [4.78, 5) is 14.2. The summed E-state index contributed by atoms with van der Waals surface area (Å²) in [6, 6.07) is 20.1. The van der Waals surface area contributed by atoms with E-state index in [2.05, 4.69) is 19.1 Å². The largest absolute Gasteiger partial charge is 0.445 e. The van der Waals surface area contributed by atoms with Crippen LogP contribution >= 0.6 is 0 Å². The number of benzene rings is 2. The van der Waals surface area contributed by atoms with Gasteiger partial charge in [0.15, 0.2) is 0 Å². The number of carbonyl (C=O) groups is 1. The van der Waals surface area contributed by atoms with Crippen LogP contribution in [-0.4, -0.2) is 29.7 Å². The van der Waals surface area contributed by atoms with E-state index in [1.165, 1.54) is 5.56 Å². The lowest BCUT2D eigenvalue weighted by atomic mass is 9.85. The van der Waals surface area contributed by atoms with Crippen LogP contribution in [0, 0.1) is 0 Å². The van der Waals surface area contributed by atoms with Crippen LogP contribution in [0.1, 0.15) is 24.5 Å². The Kier molecular flexibility index (Phi) is 3.77. The molecule has 2 saturated heterocycles. The van der Waals surface area contributed by atoms with E-state index in [-0.39, 0.29) is 23.8 Å². The van der Waals surface area contributed by atoms with Crippen molar-refractivity contribution < 1.29 is 14.3 Å². The smallest absolute Gasteiger partial charge is 0.410 e. The normalized spacial score (nSPS) is 28.1. The number of ether oxygens (including phenoxy) is 2. The Hall–Kier alpha value is -2.33. The van der Waals surface area contributed by atoms with Crippen LogP contribution in [0.15, 0.2) is 60.7 Å². The lowest BCUT2D eigenvalue weighted by molar-refractivity contribution is 0.0719. The van der Waals surface area contributed by atoms with Gasteiger partial charge in [-0.15, -0.1) is 0 Å². The maximum Gasteiger partial charge on any atom is 0.410 e. The Morgan fingerprint density at radius 3 is 2.54 bits per heavy atom. The molecule has 4 nitrogen and oxygen atoms in total. The number of piperidine rings is 1. The van der Waals surface area contributed by atoms with E-state index in [9.17, 15) is 4.79 Å². The minimum absolute atomic E-state index is 0.0698. The SMILES string of the molecule is C[C@@H]1C[C@@]2(c3ccccc3)O[C@H]2CN1C(=O)OCc1ccccc1. The van der Waals surface area contributed by atoms with Gasteiger partial charge in [0.25, 0.3) is 0 Å². The van der Waals surface area contributed by atoms with Crippen molar-refractivity contribution in [2.45, 2.75) is 37.7 Å². The van der Waals surface area contributed by atoms with Gasteiger partial charge in [-0.25, -0.2) is 4.79 Å². The van der Waals surface area contributed by atoms with Crippen LogP contribution in [0.25, 0.3) is 0 Å². The zero-order valence-corrected chi connectivity index (χ0v) is 13.7. The van der Waals surface area contributed by atoms with E-state index >= 15 is 0 Å². The maximum atomic E-state index is 12.4. The molecule has 2 aromatic rings. The predicted molar refractivity (Wildman–Crippen MR) is 90.4 cm³/mol. The molecule has 4 rings (SSSR count). The monoisotopic (exact) mass is 323 g/mol. The zero-order chi connectivity index (χ0) is 16.6. The molecule has 4 heteroatoms. The van der Waals surface area contributed by atoms with Gasteiger partial charge in [-0.05, 0) is 18.1 Å². The summed E-state index contributed by atoms with van der Waals surface area (Å²) in [5, 5.41) is 0. The molecule has 2 aliphatic rings. The molecular formula is C20H21NO3. The molecule has 2 heterocycles. The highest BCUT2D eigenvalue weighted by Gasteiger charge is 2.62. The Morgan fingerprint density at radius 1 is 1.17 bits per heavy atom. The van der Waals surface area contributed by atoms with Crippen molar-refractivity contribution in [1.82, 2.24) is 4.90 Å². The highest BCUT2D eigenvalue weighted by atomic mass is 16.6. The first-order valence-electron chi connectivity index (χ1n) is 8.40. The molecule has 0 N–H and O–H groups in total. The summed E-state index contributed by atoms with van der Waals surface area (Å²) in [7, 11) is 0. The number of epoxide rings is 1. The van der Waals surface area contributed by atoms with E-state index in [1.54, 1.807) is 4.90 Å². The summed E-state index contributed by atoms with van der Waals surface area (Å²) < 4.78 is 11.5. The molecule has 1 amide bonds. The van der Waals surface area contributed by atoms with E-state index in [0.717, 1.165) is 12.0 Å². The Bertz CT molecular complexity index is 718. The average molecular weight is 323 g/mol. The summed E-state index contributed by atoms with van der Waals surface area (Å²) in [5.41, 5.74) is 1.99. The Morgan fingerprint density at radius 2 is 1.83 bits per heavy atom. The molecule has 0 aromatic heterocycles. The number of carbonyl (C=O) groups excluding carboxylic acids is 1. The highest BCUT2D eigenvalue weighted by Crippen LogP contribution is 2.53. The van der Waals surface area contributed by atoms with E-state index in [0.29, 0.717) is 13.2 Å². The number of rotatable bonds is 3. The van der Waals surface area contributed by atoms with Crippen molar-refractivity contribution in [3.8, 4) is 0 Å². The van der Waals surface area contributed by atoms with Gasteiger partial charge in [0.05, 0.1) is 6.54 Å². The number of nitrogens with zero attached hydrogens (tertiary/aromatic N) is 1. The predicted octanol–water partition coefficient (Wildman–Crippen LogP) is 3.71. The van der Waals surface area contributed by atoms with Crippen LogP contribution < -0.4 is 0 Å². The van der Waals surface area contributed by atoms with Crippen molar-refractivity contribution in [1.29, 1.82) is 0 Å². The number of likely N-dealkylation sites (tertiary alicyclic amines) is 1. The fraction of sp³-hybridized carbons (Fsp3) is 0.350. The van der Waals surface area contributed by atoms with Crippen LogP contribution in [-0.2, 0) is 21.7 Å². The molecule has 0 aliphatic carbocycles. The minimum Gasteiger partial charge on any atom is -0.445 e. The third-order valence-electron chi connectivity index (χ3n) is 5.01. The van der Waals surface area contributed by atoms with Crippen molar-refractivity contribution in [2.75, 3.05) is 6.54 Å². The molecule has 2 fully saturated rings. The molecule has 24 heavy (non-hydrogen) atoms. The third kappa shape index (κ3) is 2.67. The molecule has 0 saturated carbocycles. The summed E-state index contributed by atoms with van der Waals surface area (Å²) in [6.07, 6.45) is 0.617. The Labute approximate surface area is 142 Å². The van der Waals surface area contributed by atoms with Gasteiger partial charge in [0.2, 0.25) is 0 Å². The van der Waals surface area contributed by atoms with Gasteiger partial charge >= 0.3 is 6.09 Å². The number of hydrogen-bond acceptors (Lipinski definition) is 3. The lowest BCUT2D eigenvalue weighted by Crippen LogP contribution is -2.47. The first-order valence-corrected chi connectivity index (χ1v) is 8.40. The molecular weight excluding hydrogens is 302 g/mol. The number of hydrogen-bond donors (Lipinski definition) is 0. The van der Waals surface area contributed by atoms with Crippen molar-refractivity contribution >= 4 is 6.09 Å². The molecule has 0 unspecified atom stereocenters. The standard InChI is InChI=1S/C20H21NO3/c1-15-12-20(17-10-6-3-7-11-17)18(24-20)13-21(15)19(22)23-14-16-8-4-2-5-9-16/h2-11,15,18H,12-14H2,1H3/t15-,18+,20+/m1/s1. The van der Waals surface area contributed by atoms with Gasteiger partial charge < -0.3 is 14.4 Å².